The number of aromatic nitrogens is 2. The van der Waals surface area contributed by atoms with Crippen molar-refractivity contribution in [2.45, 2.75) is 39.0 Å². The summed E-state index contributed by atoms with van der Waals surface area (Å²) in [5.41, 5.74) is 8.61. The van der Waals surface area contributed by atoms with E-state index in [2.05, 4.69) is 9.72 Å². The van der Waals surface area contributed by atoms with Crippen LogP contribution in [0.15, 0.2) is 23.0 Å². The number of alkyl halides is 2. The first-order chi connectivity index (χ1) is 17.5. The van der Waals surface area contributed by atoms with Gasteiger partial charge in [-0.3, -0.25) is 9.69 Å². The number of aliphatic hydroxyl groups is 1. The first-order valence-corrected chi connectivity index (χ1v) is 11.7. The van der Waals surface area contributed by atoms with Crippen LogP contribution in [0, 0.1) is 18.7 Å². The van der Waals surface area contributed by atoms with Crippen molar-refractivity contribution in [2.75, 3.05) is 25.4 Å². The number of rotatable bonds is 5. The number of anilines is 1. The van der Waals surface area contributed by atoms with Crippen molar-refractivity contribution in [3.63, 3.8) is 0 Å². The van der Waals surface area contributed by atoms with E-state index in [1.165, 1.54) is 16.7 Å². The Bertz CT molecular complexity index is 1490. The largest absolute Gasteiger partial charge is 0.506 e. The minimum Gasteiger partial charge on any atom is -0.450 e. The van der Waals surface area contributed by atoms with E-state index in [0.717, 1.165) is 0 Å². The van der Waals surface area contributed by atoms with Crippen LogP contribution in [0.2, 0.25) is 0 Å². The molecule has 0 aliphatic carbocycles. The number of nitrogens with zero attached hydrogens (tertiary/aromatic N) is 3. The van der Waals surface area contributed by atoms with Crippen molar-refractivity contribution in [1.82, 2.24) is 14.5 Å². The van der Waals surface area contributed by atoms with Crippen molar-refractivity contribution >= 4 is 22.7 Å². The number of likely N-dealkylation sites (tertiary alicyclic amines) is 1. The highest BCUT2D eigenvalue weighted by atomic mass is 19.3. The van der Waals surface area contributed by atoms with E-state index < -0.39 is 49.0 Å². The van der Waals surface area contributed by atoms with Gasteiger partial charge in [0.1, 0.15) is 12.4 Å². The van der Waals surface area contributed by atoms with E-state index in [0.29, 0.717) is 39.0 Å². The molecule has 12 heteroatoms. The molecule has 1 unspecified atom stereocenters. The Morgan fingerprint density at radius 2 is 2.05 bits per heavy atom. The third kappa shape index (κ3) is 4.29. The number of ether oxygens (including phenoxy) is 1. The third-order valence-corrected chi connectivity index (χ3v) is 7.28. The number of piperidine rings is 1. The molecule has 1 atom stereocenters. The smallest absolute Gasteiger partial charge is 0.450 e. The fourth-order valence-electron chi connectivity index (χ4n) is 5.21. The number of aryl methyl sites for hydroxylation is 1. The molecule has 196 valence electrons. The molecule has 9 nitrogen and oxygen atoms in total. The van der Waals surface area contributed by atoms with Crippen molar-refractivity contribution in [3.8, 4) is 11.4 Å². The lowest BCUT2D eigenvalue weighted by Gasteiger charge is -2.38. The second-order valence-electron chi connectivity index (χ2n) is 9.57. The maximum atomic E-state index is 14.4. The predicted octanol–water partition coefficient (Wildman–Crippen LogP) is 3.10. The van der Waals surface area contributed by atoms with E-state index >= 15 is 0 Å². The topological polar surface area (TPSA) is 131 Å². The van der Waals surface area contributed by atoms with Crippen LogP contribution < -0.4 is 11.3 Å². The zero-order chi connectivity index (χ0) is 26.6. The number of nitrogen functional groups attached to an aromatic ring is 1. The van der Waals surface area contributed by atoms with Gasteiger partial charge in [-0.1, -0.05) is 0 Å². The molecule has 4 heterocycles. The van der Waals surface area contributed by atoms with Gasteiger partial charge in [0.15, 0.2) is 0 Å². The van der Waals surface area contributed by atoms with Gasteiger partial charge in [0.2, 0.25) is 0 Å². The van der Waals surface area contributed by atoms with E-state index in [9.17, 15) is 27.9 Å². The lowest BCUT2D eigenvalue weighted by atomic mass is 9.92. The number of carboxylic acid groups (broad SMARTS) is 1. The molecular weight excluding hydrogens is 493 g/mol. The van der Waals surface area contributed by atoms with Gasteiger partial charge >= 0.3 is 6.16 Å². The molecule has 2 aromatic heterocycles. The van der Waals surface area contributed by atoms with E-state index in [-0.39, 0.29) is 37.4 Å². The van der Waals surface area contributed by atoms with Gasteiger partial charge in [-0.15, -0.1) is 0 Å². The van der Waals surface area contributed by atoms with Crippen LogP contribution in [0.25, 0.3) is 22.3 Å². The Labute approximate surface area is 208 Å². The Balaban J connectivity index is 1.63. The number of pyridine rings is 2. The van der Waals surface area contributed by atoms with Gasteiger partial charge in [0.05, 0.1) is 47.2 Å². The number of nitrogens with two attached hydrogens (primary N) is 1. The lowest BCUT2D eigenvalue weighted by molar-refractivity contribution is -0.121. The Kier molecular flexibility index (Phi) is 6.11. The Morgan fingerprint density at radius 1 is 1.30 bits per heavy atom. The fraction of sp³-hybridized carbons (Fsp3) is 0.400. The quantitative estimate of drug-likeness (QED) is 0.271. The van der Waals surface area contributed by atoms with Gasteiger partial charge in [-0.05, 0) is 30.2 Å². The molecule has 0 radical (unpaired) electrons. The van der Waals surface area contributed by atoms with Crippen LogP contribution in [0.3, 0.4) is 0 Å². The van der Waals surface area contributed by atoms with Crippen LogP contribution in [0.4, 0.5) is 23.7 Å². The summed E-state index contributed by atoms with van der Waals surface area (Å²) < 4.78 is 48.9. The number of aliphatic hydroxyl groups excluding tert-OH is 1. The minimum atomic E-state index is -2.98. The van der Waals surface area contributed by atoms with E-state index in [1.54, 1.807) is 17.9 Å². The molecule has 0 amide bonds. The number of hydrogen-bond donors (Lipinski definition) is 3. The number of benzene rings is 1. The highest BCUT2D eigenvalue weighted by molar-refractivity contribution is 5.90. The molecule has 3 aromatic rings. The summed E-state index contributed by atoms with van der Waals surface area (Å²) >= 11 is 0. The molecule has 4 N–H and O–H groups in total. The fourth-order valence-corrected chi connectivity index (χ4v) is 5.21. The summed E-state index contributed by atoms with van der Waals surface area (Å²) in [6, 6.07) is 4.36. The normalized spacial score (nSPS) is 18.6. The summed E-state index contributed by atoms with van der Waals surface area (Å²) in [6.07, 6.45) is -1.91. The van der Waals surface area contributed by atoms with Gasteiger partial charge in [0.25, 0.3) is 11.5 Å². The first-order valence-electron chi connectivity index (χ1n) is 11.7. The van der Waals surface area contributed by atoms with Crippen molar-refractivity contribution in [2.24, 2.45) is 5.92 Å². The standard InChI is InChI=1S/C25H25F3N4O5/c1-12-4-21-22-16(9-32(21)23(34)17(12)11-37-24(35)36)15(14-5-19(29)18(26)6-20(14)30-22)8-31-3-2-25(27,28)13(7-31)10-33/h4-6,13,33H,2-3,7-11,29H2,1H3,(H,35,36). The summed E-state index contributed by atoms with van der Waals surface area (Å²) in [6.45, 7) is 0.945. The molecular formula is C25H25F3N4O5. The second-order valence-corrected chi connectivity index (χ2v) is 9.57. The number of carbonyl (C=O) groups is 1. The summed E-state index contributed by atoms with van der Waals surface area (Å²) in [7, 11) is 0. The summed E-state index contributed by atoms with van der Waals surface area (Å²) in [4.78, 5) is 30.6. The highest BCUT2D eigenvalue weighted by Crippen LogP contribution is 2.39. The first kappa shape index (κ1) is 25.0. The van der Waals surface area contributed by atoms with Gasteiger partial charge in [-0.2, -0.15) is 0 Å². The molecule has 2 aliphatic rings. The zero-order valence-corrected chi connectivity index (χ0v) is 19.9. The molecule has 2 aliphatic heterocycles. The van der Waals surface area contributed by atoms with Gasteiger partial charge in [0, 0.05) is 43.1 Å². The maximum Gasteiger partial charge on any atom is 0.506 e. The minimum absolute atomic E-state index is 0.0402. The monoisotopic (exact) mass is 518 g/mol. The van der Waals surface area contributed by atoms with Crippen molar-refractivity contribution in [1.29, 1.82) is 0 Å². The Hall–Kier alpha value is -3.64. The predicted molar refractivity (Wildman–Crippen MR) is 128 cm³/mol. The third-order valence-electron chi connectivity index (χ3n) is 7.28. The van der Waals surface area contributed by atoms with Crippen LogP contribution >= 0.6 is 0 Å². The molecule has 0 saturated carbocycles. The highest BCUT2D eigenvalue weighted by Gasteiger charge is 2.43. The molecule has 5 rings (SSSR count). The van der Waals surface area contributed by atoms with E-state index in [4.69, 9.17) is 10.8 Å². The van der Waals surface area contributed by atoms with Gasteiger partial charge < -0.3 is 25.3 Å². The van der Waals surface area contributed by atoms with Crippen molar-refractivity contribution < 1.29 is 32.9 Å². The number of fused-ring (bicyclic) bond motifs is 4. The lowest BCUT2D eigenvalue weighted by Crippen LogP contribution is -2.48. The molecule has 1 aromatic carbocycles. The van der Waals surface area contributed by atoms with E-state index in [1.807, 2.05) is 0 Å². The number of halogens is 3. The SMILES string of the molecule is Cc1cc2n(c(=O)c1COC(=O)O)Cc1c-2nc2cc(F)c(N)cc2c1CN1CCC(F)(F)C(CO)C1. The molecule has 0 bridgehead atoms. The average molecular weight is 518 g/mol. The van der Waals surface area contributed by atoms with Crippen LogP contribution in [0.5, 0.6) is 0 Å². The Morgan fingerprint density at radius 3 is 2.76 bits per heavy atom. The molecule has 0 spiro atoms. The molecule has 1 saturated heterocycles. The summed E-state index contributed by atoms with van der Waals surface area (Å²) in [5.74, 6) is -4.85. The summed E-state index contributed by atoms with van der Waals surface area (Å²) in [5, 5.41) is 18.9. The van der Waals surface area contributed by atoms with Crippen LogP contribution in [-0.4, -0.2) is 56.4 Å². The average Bonchev–Trinajstić information content (AvgIpc) is 3.19. The zero-order valence-electron chi connectivity index (χ0n) is 19.9. The van der Waals surface area contributed by atoms with Crippen LogP contribution in [-0.2, 0) is 24.4 Å². The van der Waals surface area contributed by atoms with Crippen molar-refractivity contribution in [3.05, 3.63) is 56.6 Å². The number of hydrogen-bond acceptors (Lipinski definition) is 7. The second kappa shape index (κ2) is 9.03. The molecule has 37 heavy (non-hydrogen) atoms. The molecule has 1 fully saturated rings. The van der Waals surface area contributed by atoms with Gasteiger partial charge in [-0.25, -0.2) is 22.9 Å². The maximum absolute atomic E-state index is 14.4. The van der Waals surface area contributed by atoms with Crippen LogP contribution in [0.1, 0.15) is 28.7 Å².